The van der Waals surface area contributed by atoms with Crippen LogP contribution in [0.3, 0.4) is 0 Å². The third kappa shape index (κ3) is 2.35. The molecular formula is C7H15NO2. The summed E-state index contributed by atoms with van der Waals surface area (Å²) < 4.78 is 4.47. The van der Waals surface area contributed by atoms with E-state index in [0.29, 0.717) is 0 Å². The smallest absolute Gasteiger partial charge is 0.322 e. The van der Waals surface area contributed by atoms with E-state index in [9.17, 15) is 4.79 Å². The highest BCUT2D eigenvalue weighted by molar-refractivity contribution is 5.75. The fourth-order valence-electron chi connectivity index (χ4n) is 0.622. The van der Waals surface area contributed by atoms with Gasteiger partial charge in [-0.25, -0.2) is 0 Å². The predicted octanol–water partition coefficient (Wildman–Crippen LogP) is 0.533. The van der Waals surface area contributed by atoms with Gasteiger partial charge in [-0.1, -0.05) is 20.3 Å². The third-order valence-electron chi connectivity index (χ3n) is 1.73. The number of carbonyl (C=O) groups excluding carboxylic acids is 1. The minimum absolute atomic E-state index is 0.201. The summed E-state index contributed by atoms with van der Waals surface area (Å²) in [6.07, 6.45) is 0.899. The first-order valence-electron chi connectivity index (χ1n) is 3.46. The van der Waals surface area contributed by atoms with Gasteiger partial charge in [0.1, 0.15) is 6.04 Å². The Bertz CT molecular complexity index is 114. The van der Waals surface area contributed by atoms with E-state index in [1.165, 1.54) is 7.11 Å². The Hall–Kier alpha value is -0.570. The van der Waals surface area contributed by atoms with Crippen LogP contribution >= 0.6 is 0 Å². The molecule has 0 radical (unpaired) electrons. The topological polar surface area (TPSA) is 52.3 Å². The normalized spacial score (nSPS) is 16.0. The Balaban J connectivity index is 3.81. The molecule has 0 bridgehead atoms. The van der Waals surface area contributed by atoms with Crippen LogP contribution in [-0.4, -0.2) is 19.1 Å². The summed E-state index contributed by atoms with van der Waals surface area (Å²) in [7, 11) is 1.35. The average molecular weight is 145 g/mol. The van der Waals surface area contributed by atoms with Crippen molar-refractivity contribution in [1.29, 1.82) is 0 Å². The van der Waals surface area contributed by atoms with E-state index in [2.05, 4.69) is 4.74 Å². The van der Waals surface area contributed by atoms with Crippen LogP contribution in [0.2, 0.25) is 0 Å². The number of methoxy groups -OCH3 is 1. The molecule has 0 spiro atoms. The summed E-state index contributed by atoms with van der Waals surface area (Å²) in [5.41, 5.74) is 5.51. The molecule has 0 fully saturated rings. The van der Waals surface area contributed by atoms with Gasteiger partial charge in [0.05, 0.1) is 7.11 Å². The second-order valence-electron chi connectivity index (χ2n) is 2.43. The summed E-state index contributed by atoms with van der Waals surface area (Å²) in [6, 6.07) is -0.463. The molecule has 3 nitrogen and oxygen atoms in total. The molecule has 0 aromatic rings. The van der Waals surface area contributed by atoms with Crippen LogP contribution in [-0.2, 0) is 9.53 Å². The highest BCUT2D eigenvalue weighted by atomic mass is 16.5. The van der Waals surface area contributed by atoms with Crippen molar-refractivity contribution < 1.29 is 9.53 Å². The first-order chi connectivity index (χ1) is 4.63. The molecule has 0 saturated carbocycles. The largest absolute Gasteiger partial charge is 0.468 e. The second-order valence-corrected chi connectivity index (χ2v) is 2.43. The summed E-state index contributed by atoms with van der Waals surface area (Å²) >= 11 is 0. The van der Waals surface area contributed by atoms with Gasteiger partial charge in [0.15, 0.2) is 0 Å². The van der Waals surface area contributed by atoms with Crippen molar-refractivity contribution in [1.82, 2.24) is 0 Å². The molecule has 0 rings (SSSR count). The van der Waals surface area contributed by atoms with Gasteiger partial charge in [0.2, 0.25) is 0 Å². The van der Waals surface area contributed by atoms with E-state index < -0.39 is 6.04 Å². The fraction of sp³-hybridized carbons (Fsp3) is 0.857. The molecule has 2 unspecified atom stereocenters. The van der Waals surface area contributed by atoms with Crippen molar-refractivity contribution in [3.63, 3.8) is 0 Å². The molecule has 2 atom stereocenters. The van der Waals surface area contributed by atoms with Crippen LogP contribution in [0.4, 0.5) is 0 Å². The molecular weight excluding hydrogens is 130 g/mol. The Morgan fingerprint density at radius 2 is 2.20 bits per heavy atom. The molecule has 10 heavy (non-hydrogen) atoms. The SMILES string of the molecule is CCC(C)C(N)C(=O)OC. The van der Waals surface area contributed by atoms with Crippen molar-refractivity contribution in [2.75, 3.05) is 7.11 Å². The van der Waals surface area contributed by atoms with E-state index in [0.717, 1.165) is 6.42 Å². The van der Waals surface area contributed by atoms with Gasteiger partial charge in [0, 0.05) is 0 Å². The van der Waals surface area contributed by atoms with Crippen molar-refractivity contribution >= 4 is 5.97 Å². The maximum atomic E-state index is 10.8. The standard InChI is InChI=1S/C7H15NO2/c1-4-5(2)6(8)7(9)10-3/h5-6H,4,8H2,1-3H3. The lowest BCUT2D eigenvalue weighted by Gasteiger charge is -2.14. The molecule has 0 saturated heterocycles. The Morgan fingerprint density at radius 1 is 1.70 bits per heavy atom. The summed E-state index contributed by atoms with van der Waals surface area (Å²) in [4.78, 5) is 10.8. The minimum Gasteiger partial charge on any atom is -0.468 e. The van der Waals surface area contributed by atoms with Crippen LogP contribution in [0.1, 0.15) is 20.3 Å². The number of hydrogen-bond acceptors (Lipinski definition) is 3. The van der Waals surface area contributed by atoms with Crippen molar-refractivity contribution in [3.8, 4) is 0 Å². The van der Waals surface area contributed by atoms with Crippen molar-refractivity contribution in [2.45, 2.75) is 26.3 Å². The maximum absolute atomic E-state index is 10.8. The maximum Gasteiger partial charge on any atom is 0.322 e. The predicted molar refractivity (Wildman–Crippen MR) is 39.4 cm³/mol. The Labute approximate surface area is 61.5 Å². The van der Waals surface area contributed by atoms with E-state index >= 15 is 0 Å². The molecule has 3 heteroatoms. The van der Waals surface area contributed by atoms with Gasteiger partial charge >= 0.3 is 5.97 Å². The monoisotopic (exact) mass is 145 g/mol. The van der Waals surface area contributed by atoms with Crippen LogP contribution in [0, 0.1) is 5.92 Å². The van der Waals surface area contributed by atoms with Crippen LogP contribution in [0.15, 0.2) is 0 Å². The molecule has 0 amide bonds. The lowest BCUT2D eigenvalue weighted by molar-refractivity contribution is -0.143. The minimum atomic E-state index is -0.463. The first-order valence-corrected chi connectivity index (χ1v) is 3.46. The summed E-state index contributed by atoms with van der Waals surface area (Å²) in [5, 5.41) is 0. The number of hydrogen-bond donors (Lipinski definition) is 1. The highest BCUT2D eigenvalue weighted by Gasteiger charge is 2.19. The Morgan fingerprint density at radius 3 is 2.50 bits per heavy atom. The van der Waals surface area contributed by atoms with Gasteiger partial charge in [-0.05, 0) is 5.92 Å². The fourth-order valence-corrected chi connectivity index (χ4v) is 0.622. The first kappa shape index (κ1) is 9.43. The molecule has 0 aliphatic heterocycles. The molecule has 0 aromatic carbocycles. The van der Waals surface area contributed by atoms with Gasteiger partial charge in [-0.15, -0.1) is 0 Å². The van der Waals surface area contributed by atoms with E-state index in [1.54, 1.807) is 0 Å². The zero-order chi connectivity index (χ0) is 8.15. The van der Waals surface area contributed by atoms with Gasteiger partial charge in [-0.2, -0.15) is 0 Å². The van der Waals surface area contributed by atoms with E-state index in [1.807, 2.05) is 13.8 Å². The second kappa shape index (κ2) is 4.28. The van der Waals surface area contributed by atoms with Gasteiger partial charge < -0.3 is 10.5 Å². The van der Waals surface area contributed by atoms with E-state index in [4.69, 9.17) is 5.73 Å². The van der Waals surface area contributed by atoms with Crippen LogP contribution in [0.5, 0.6) is 0 Å². The van der Waals surface area contributed by atoms with Crippen molar-refractivity contribution in [3.05, 3.63) is 0 Å². The number of nitrogens with two attached hydrogens (primary N) is 1. The van der Waals surface area contributed by atoms with Crippen LogP contribution in [0.25, 0.3) is 0 Å². The summed E-state index contributed by atoms with van der Waals surface area (Å²) in [5.74, 6) is -0.123. The molecule has 0 heterocycles. The molecule has 2 N–H and O–H groups in total. The molecule has 0 aromatic heterocycles. The molecule has 0 aliphatic carbocycles. The number of rotatable bonds is 3. The summed E-state index contributed by atoms with van der Waals surface area (Å²) in [6.45, 7) is 3.93. The molecule has 60 valence electrons. The highest BCUT2D eigenvalue weighted by Crippen LogP contribution is 2.05. The average Bonchev–Trinajstić information content (AvgIpc) is 2.00. The number of esters is 1. The van der Waals surface area contributed by atoms with Crippen molar-refractivity contribution in [2.24, 2.45) is 11.7 Å². The third-order valence-corrected chi connectivity index (χ3v) is 1.73. The Kier molecular flexibility index (Phi) is 4.03. The van der Waals surface area contributed by atoms with Crippen LogP contribution < -0.4 is 5.73 Å². The zero-order valence-electron chi connectivity index (χ0n) is 6.76. The lowest BCUT2D eigenvalue weighted by Crippen LogP contribution is -2.37. The number of ether oxygens (including phenoxy) is 1. The van der Waals surface area contributed by atoms with E-state index in [-0.39, 0.29) is 11.9 Å². The van der Waals surface area contributed by atoms with Gasteiger partial charge in [-0.3, -0.25) is 4.79 Å². The quantitative estimate of drug-likeness (QED) is 0.589. The zero-order valence-corrected chi connectivity index (χ0v) is 6.76. The number of carbonyl (C=O) groups is 1. The lowest BCUT2D eigenvalue weighted by atomic mass is 10.0. The van der Waals surface area contributed by atoms with Gasteiger partial charge in [0.25, 0.3) is 0 Å². The molecule has 0 aliphatic rings.